The molecule has 0 bridgehead atoms. The molecule has 22 heavy (non-hydrogen) atoms. The van der Waals surface area contributed by atoms with Crippen LogP contribution in [0.4, 0.5) is 0 Å². The Balaban J connectivity index is 1.59. The van der Waals surface area contributed by atoms with E-state index in [0.29, 0.717) is 38.0 Å². The predicted octanol–water partition coefficient (Wildman–Crippen LogP) is 2.36. The quantitative estimate of drug-likeness (QED) is 0.845. The smallest absolute Gasteiger partial charge is 0.241 e. The minimum atomic E-state index is -0.260. The first-order valence-corrected chi connectivity index (χ1v) is 8.31. The Morgan fingerprint density at radius 3 is 3.14 bits per heavy atom. The number of ether oxygens (including phenoxy) is 1. The maximum absolute atomic E-state index is 12.5. The molecule has 0 N–H and O–H groups in total. The van der Waals surface area contributed by atoms with Gasteiger partial charge in [-0.2, -0.15) is 0 Å². The lowest BCUT2D eigenvalue weighted by molar-refractivity contribution is -0.141. The molecule has 118 valence electrons. The summed E-state index contributed by atoms with van der Waals surface area (Å²) < 4.78 is 10.9. The monoisotopic (exact) mass is 321 g/mol. The Morgan fingerprint density at radius 2 is 2.41 bits per heavy atom. The lowest BCUT2D eigenvalue weighted by atomic mass is 10.1. The van der Waals surface area contributed by atoms with E-state index in [1.165, 1.54) is 4.88 Å². The molecule has 0 saturated carbocycles. The number of nitrogens with zero attached hydrogens (tertiary/aromatic N) is 3. The van der Waals surface area contributed by atoms with Crippen molar-refractivity contribution in [2.45, 2.75) is 32.2 Å². The average molecular weight is 321 g/mol. The van der Waals surface area contributed by atoms with Crippen LogP contribution in [0, 0.1) is 6.92 Å². The van der Waals surface area contributed by atoms with Crippen LogP contribution in [0.3, 0.4) is 0 Å². The number of hydrogen-bond acceptors (Lipinski definition) is 6. The molecule has 0 aromatic carbocycles. The first kappa shape index (κ1) is 15.2. The van der Waals surface area contributed by atoms with E-state index < -0.39 is 0 Å². The molecular weight excluding hydrogens is 302 g/mol. The lowest BCUT2D eigenvalue weighted by Gasteiger charge is -2.33. The van der Waals surface area contributed by atoms with E-state index in [4.69, 9.17) is 9.15 Å². The van der Waals surface area contributed by atoms with Crippen LogP contribution in [0.5, 0.6) is 0 Å². The molecule has 3 heterocycles. The number of hydrogen-bond donors (Lipinski definition) is 0. The fourth-order valence-electron chi connectivity index (χ4n) is 2.57. The molecule has 3 rings (SSSR count). The van der Waals surface area contributed by atoms with Gasteiger partial charge in [0, 0.05) is 24.8 Å². The Kier molecular flexibility index (Phi) is 4.84. The number of rotatable bonds is 5. The van der Waals surface area contributed by atoms with Gasteiger partial charge in [0.05, 0.1) is 13.2 Å². The van der Waals surface area contributed by atoms with Crippen molar-refractivity contribution in [3.8, 4) is 0 Å². The predicted molar refractivity (Wildman–Crippen MR) is 81.6 cm³/mol. The summed E-state index contributed by atoms with van der Waals surface area (Å²) >= 11 is 1.73. The van der Waals surface area contributed by atoms with Gasteiger partial charge in [0.25, 0.3) is 0 Å². The number of morpholine rings is 1. The lowest BCUT2D eigenvalue weighted by Crippen LogP contribution is -2.43. The Bertz CT molecular complexity index is 611. The molecule has 7 heteroatoms. The van der Waals surface area contributed by atoms with Gasteiger partial charge in [0.15, 0.2) is 0 Å². The topological polar surface area (TPSA) is 68.5 Å². The molecule has 1 amide bonds. The Morgan fingerprint density at radius 1 is 1.50 bits per heavy atom. The molecule has 0 aliphatic carbocycles. The standard InChI is InChI=1S/C15H19N3O3S/c1-11-16-17-15(21-11)13-10-20-8-7-18(13)14(19)6-2-4-12-5-3-9-22-12/h3,5,9,13H,2,4,6-8,10H2,1H3/t13-/m0/s1. The highest BCUT2D eigenvalue weighted by molar-refractivity contribution is 7.09. The SMILES string of the molecule is Cc1nnc([C@@H]2COCCN2C(=O)CCCc2cccs2)o1. The van der Waals surface area contributed by atoms with Crippen molar-refractivity contribution in [3.63, 3.8) is 0 Å². The van der Waals surface area contributed by atoms with Crippen molar-refractivity contribution < 1.29 is 13.9 Å². The van der Waals surface area contributed by atoms with Gasteiger partial charge in [-0.05, 0) is 24.3 Å². The summed E-state index contributed by atoms with van der Waals surface area (Å²) in [6.07, 6.45) is 2.33. The van der Waals surface area contributed by atoms with E-state index in [9.17, 15) is 4.79 Å². The van der Waals surface area contributed by atoms with Gasteiger partial charge in [0.2, 0.25) is 17.7 Å². The summed E-state index contributed by atoms with van der Waals surface area (Å²) in [5.41, 5.74) is 0. The van der Waals surface area contributed by atoms with Gasteiger partial charge in [-0.25, -0.2) is 0 Å². The largest absolute Gasteiger partial charge is 0.423 e. The first-order chi connectivity index (χ1) is 10.7. The third kappa shape index (κ3) is 3.53. The van der Waals surface area contributed by atoms with Gasteiger partial charge in [-0.3, -0.25) is 4.79 Å². The summed E-state index contributed by atoms with van der Waals surface area (Å²) in [7, 11) is 0. The van der Waals surface area contributed by atoms with Gasteiger partial charge in [0.1, 0.15) is 6.04 Å². The van der Waals surface area contributed by atoms with E-state index in [1.54, 1.807) is 18.3 Å². The second kappa shape index (κ2) is 7.02. The average Bonchev–Trinajstić information content (AvgIpc) is 3.19. The van der Waals surface area contributed by atoms with E-state index in [-0.39, 0.29) is 11.9 Å². The van der Waals surface area contributed by atoms with Gasteiger partial charge in [-0.15, -0.1) is 21.5 Å². The van der Waals surface area contributed by atoms with Crippen molar-refractivity contribution in [3.05, 3.63) is 34.2 Å². The normalized spacial score (nSPS) is 18.6. The summed E-state index contributed by atoms with van der Waals surface area (Å²) in [6.45, 7) is 3.29. The maximum Gasteiger partial charge on any atom is 0.241 e. The molecule has 1 aliphatic heterocycles. The van der Waals surface area contributed by atoms with Crippen LogP contribution >= 0.6 is 11.3 Å². The Labute approximate surface area is 133 Å². The molecule has 0 unspecified atom stereocenters. The summed E-state index contributed by atoms with van der Waals surface area (Å²) in [5, 5.41) is 9.94. The van der Waals surface area contributed by atoms with Crippen LogP contribution < -0.4 is 0 Å². The second-order valence-electron chi connectivity index (χ2n) is 5.27. The van der Waals surface area contributed by atoms with E-state index in [2.05, 4.69) is 21.6 Å². The Hall–Kier alpha value is -1.73. The molecule has 0 spiro atoms. The highest BCUT2D eigenvalue weighted by atomic mass is 32.1. The highest BCUT2D eigenvalue weighted by Gasteiger charge is 2.32. The summed E-state index contributed by atoms with van der Waals surface area (Å²) in [4.78, 5) is 15.6. The third-order valence-corrected chi connectivity index (χ3v) is 4.61. The van der Waals surface area contributed by atoms with Crippen LogP contribution in [0.15, 0.2) is 21.9 Å². The van der Waals surface area contributed by atoms with E-state index in [0.717, 1.165) is 12.8 Å². The fourth-order valence-corrected chi connectivity index (χ4v) is 3.32. The minimum Gasteiger partial charge on any atom is -0.423 e. The first-order valence-electron chi connectivity index (χ1n) is 7.43. The molecular formula is C15H19N3O3S. The van der Waals surface area contributed by atoms with Crippen molar-refractivity contribution in [2.24, 2.45) is 0 Å². The third-order valence-electron chi connectivity index (χ3n) is 3.67. The van der Waals surface area contributed by atoms with E-state index >= 15 is 0 Å². The van der Waals surface area contributed by atoms with Crippen molar-refractivity contribution >= 4 is 17.2 Å². The zero-order valence-corrected chi connectivity index (χ0v) is 13.3. The highest BCUT2D eigenvalue weighted by Crippen LogP contribution is 2.24. The molecule has 1 fully saturated rings. The molecule has 2 aromatic heterocycles. The van der Waals surface area contributed by atoms with Crippen LogP contribution in [-0.4, -0.2) is 40.8 Å². The molecule has 2 aromatic rings. The number of thiophene rings is 1. The van der Waals surface area contributed by atoms with Crippen molar-refractivity contribution in [2.75, 3.05) is 19.8 Å². The van der Waals surface area contributed by atoms with Crippen LogP contribution in [-0.2, 0) is 16.0 Å². The van der Waals surface area contributed by atoms with Gasteiger partial charge < -0.3 is 14.1 Å². The summed E-state index contributed by atoms with van der Waals surface area (Å²) in [5.74, 6) is 1.09. The maximum atomic E-state index is 12.5. The molecule has 1 atom stereocenters. The summed E-state index contributed by atoms with van der Waals surface area (Å²) in [6, 6.07) is 3.88. The number of carbonyl (C=O) groups is 1. The molecule has 1 aliphatic rings. The number of aromatic nitrogens is 2. The van der Waals surface area contributed by atoms with Crippen LogP contribution in [0.25, 0.3) is 0 Å². The second-order valence-corrected chi connectivity index (χ2v) is 6.30. The van der Waals surface area contributed by atoms with Crippen LogP contribution in [0.2, 0.25) is 0 Å². The number of aryl methyl sites for hydroxylation is 2. The zero-order valence-electron chi connectivity index (χ0n) is 12.5. The van der Waals surface area contributed by atoms with Crippen LogP contribution in [0.1, 0.15) is 35.5 Å². The molecule has 6 nitrogen and oxygen atoms in total. The molecule has 1 saturated heterocycles. The number of amides is 1. The van der Waals surface area contributed by atoms with Crippen molar-refractivity contribution in [1.29, 1.82) is 0 Å². The zero-order chi connectivity index (χ0) is 15.4. The van der Waals surface area contributed by atoms with Gasteiger partial charge >= 0.3 is 0 Å². The van der Waals surface area contributed by atoms with Crippen molar-refractivity contribution in [1.82, 2.24) is 15.1 Å². The molecule has 0 radical (unpaired) electrons. The number of carbonyl (C=O) groups excluding carboxylic acids is 1. The fraction of sp³-hybridized carbons (Fsp3) is 0.533. The van der Waals surface area contributed by atoms with Gasteiger partial charge in [-0.1, -0.05) is 6.07 Å². The van der Waals surface area contributed by atoms with E-state index in [1.807, 2.05) is 11.0 Å². The minimum absolute atomic E-state index is 0.126.